The zero-order chi connectivity index (χ0) is 14.0. The quantitative estimate of drug-likeness (QED) is 0.755. The van der Waals surface area contributed by atoms with Crippen molar-refractivity contribution in [3.8, 4) is 0 Å². The normalized spacial score (nSPS) is 19.1. The van der Waals surface area contributed by atoms with Gasteiger partial charge >= 0.3 is 0 Å². The van der Waals surface area contributed by atoms with Gasteiger partial charge < -0.3 is 4.90 Å². The van der Waals surface area contributed by atoms with Crippen LogP contribution in [0.15, 0.2) is 18.2 Å². The molecule has 0 spiro atoms. The van der Waals surface area contributed by atoms with E-state index in [0.717, 1.165) is 37.9 Å². The molecular formula is C16H22FNO. The maximum atomic E-state index is 13.9. The van der Waals surface area contributed by atoms with E-state index in [1.165, 1.54) is 6.07 Å². The molecule has 1 aromatic rings. The van der Waals surface area contributed by atoms with Gasteiger partial charge in [-0.1, -0.05) is 19.9 Å². The summed E-state index contributed by atoms with van der Waals surface area (Å²) in [6.07, 6.45) is 3.09. The van der Waals surface area contributed by atoms with Gasteiger partial charge in [0.1, 0.15) is 5.82 Å². The summed E-state index contributed by atoms with van der Waals surface area (Å²) in [5.41, 5.74) is 1.32. The van der Waals surface area contributed by atoms with Crippen LogP contribution < -0.4 is 0 Å². The van der Waals surface area contributed by atoms with E-state index in [1.807, 2.05) is 6.92 Å². The van der Waals surface area contributed by atoms with Crippen LogP contribution in [0.3, 0.4) is 0 Å². The Morgan fingerprint density at radius 1 is 1.26 bits per heavy atom. The molecule has 3 heteroatoms. The van der Waals surface area contributed by atoms with Crippen molar-refractivity contribution < 1.29 is 9.18 Å². The molecule has 0 unspecified atom stereocenters. The first kappa shape index (κ1) is 14.0. The minimum Gasteiger partial charge on any atom is -0.339 e. The molecule has 0 N–H and O–H groups in total. The number of aryl methyl sites for hydroxylation is 1. The number of benzene rings is 1. The van der Waals surface area contributed by atoms with Crippen LogP contribution in [0.5, 0.6) is 0 Å². The number of nitrogens with zero attached hydrogens (tertiary/aromatic N) is 1. The molecule has 0 atom stereocenters. The average molecular weight is 263 g/mol. The van der Waals surface area contributed by atoms with Crippen LogP contribution in [0, 0.1) is 18.2 Å². The number of hydrogen-bond acceptors (Lipinski definition) is 1. The summed E-state index contributed by atoms with van der Waals surface area (Å²) < 4.78 is 13.9. The maximum Gasteiger partial charge on any atom is 0.256 e. The van der Waals surface area contributed by atoms with E-state index >= 15 is 0 Å². The molecule has 0 radical (unpaired) electrons. The summed E-state index contributed by atoms with van der Waals surface area (Å²) in [5.74, 6) is -0.580. The lowest BCUT2D eigenvalue weighted by Crippen LogP contribution is -2.33. The molecule has 19 heavy (non-hydrogen) atoms. The monoisotopic (exact) mass is 263 g/mol. The number of halogens is 1. The van der Waals surface area contributed by atoms with Crippen molar-refractivity contribution in [1.82, 2.24) is 4.90 Å². The Bertz CT molecular complexity index is 482. The van der Waals surface area contributed by atoms with Crippen LogP contribution in [0.25, 0.3) is 0 Å². The lowest BCUT2D eigenvalue weighted by molar-refractivity contribution is 0.0752. The van der Waals surface area contributed by atoms with Crippen molar-refractivity contribution in [2.75, 3.05) is 13.1 Å². The Morgan fingerprint density at radius 2 is 2.00 bits per heavy atom. The van der Waals surface area contributed by atoms with Gasteiger partial charge in [-0.05, 0) is 49.3 Å². The number of hydrogen-bond donors (Lipinski definition) is 0. The molecule has 1 aromatic carbocycles. The lowest BCUT2D eigenvalue weighted by Gasteiger charge is -2.23. The Hall–Kier alpha value is -1.38. The zero-order valence-corrected chi connectivity index (χ0v) is 12.0. The predicted octanol–water partition coefficient (Wildman–Crippen LogP) is 3.79. The summed E-state index contributed by atoms with van der Waals surface area (Å²) in [4.78, 5) is 14.2. The molecular weight excluding hydrogens is 241 g/mol. The number of carbonyl (C=O) groups excluding carboxylic acids is 1. The van der Waals surface area contributed by atoms with Gasteiger partial charge in [0.25, 0.3) is 5.91 Å². The molecule has 0 bridgehead atoms. The van der Waals surface area contributed by atoms with E-state index in [1.54, 1.807) is 17.0 Å². The Morgan fingerprint density at radius 3 is 2.68 bits per heavy atom. The molecule has 2 rings (SSSR count). The highest BCUT2D eigenvalue weighted by atomic mass is 19.1. The van der Waals surface area contributed by atoms with Gasteiger partial charge in [-0.25, -0.2) is 4.39 Å². The van der Waals surface area contributed by atoms with Crippen LogP contribution in [0.1, 0.15) is 49.0 Å². The molecule has 1 aliphatic rings. The second-order valence-electron chi connectivity index (χ2n) is 6.29. The molecule has 0 saturated carbocycles. The van der Waals surface area contributed by atoms with Crippen LogP contribution in [0.2, 0.25) is 0 Å². The maximum absolute atomic E-state index is 13.9. The first-order chi connectivity index (χ1) is 8.89. The third-order valence-electron chi connectivity index (χ3n) is 3.98. The minimum atomic E-state index is -0.409. The molecule has 1 saturated heterocycles. The summed E-state index contributed by atoms with van der Waals surface area (Å²) in [5, 5.41) is 0. The molecule has 0 aromatic heterocycles. The lowest BCUT2D eigenvalue weighted by atomic mass is 9.85. The van der Waals surface area contributed by atoms with Gasteiger partial charge in [0.05, 0.1) is 5.56 Å². The first-order valence-corrected chi connectivity index (χ1v) is 6.94. The van der Waals surface area contributed by atoms with E-state index in [2.05, 4.69) is 13.8 Å². The molecule has 0 aliphatic carbocycles. The van der Waals surface area contributed by atoms with Crippen molar-refractivity contribution in [3.05, 3.63) is 35.1 Å². The molecule has 1 fully saturated rings. The molecule has 2 nitrogen and oxygen atoms in total. The second kappa shape index (κ2) is 5.32. The third kappa shape index (κ3) is 3.34. The Kier molecular flexibility index (Phi) is 3.93. The molecule has 1 amide bonds. The summed E-state index contributed by atoms with van der Waals surface area (Å²) in [7, 11) is 0. The number of rotatable bonds is 1. The topological polar surface area (TPSA) is 20.3 Å². The predicted molar refractivity (Wildman–Crippen MR) is 74.7 cm³/mol. The van der Waals surface area contributed by atoms with Gasteiger partial charge in [-0.15, -0.1) is 0 Å². The van der Waals surface area contributed by atoms with E-state index in [9.17, 15) is 9.18 Å². The van der Waals surface area contributed by atoms with Crippen LogP contribution >= 0.6 is 0 Å². The summed E-state index contributed by atoms with van der Waals surface area (Å²) in [6.45, 7) is 7.74. The van der Waals surface area contributed by atoms with Crippen LogP contribution in [0.4, 0.5) is 4.39 Å². The summed E-state index contributed by atoms with van der Waals surface area (Å²) in [6, 6.07) is 4.82. The smallest absolute Gasteiger partial charge is 0.256 e. The fourth-order valence-corrected chi connectivity index (χ4v) is 2.59. The van der Waals surface area contributed by atoms with E-state index in [0.29, 0.717) is 0 Å². The van der Waals surface area contributed by atoms with Gasteiger partial charge in [-0.3, -0.25) is 4.79 Å². The highest BCUT2D eigenvalue weighted by Crippen LogP contribution is 2.30. The number of amides is 1. The Balaban J connectivity index is 2.15. The fraction of sp³-hybridized carbons (Fsp3) is 0.562. The van der Waals surface area contributed by atoms with E-state index in [-0.39, 0.29) is 16.9 Å². The van der Waals surface area contributed by atoms with Gasteiger partial charge in [0.2, 0.25) is 0 Å². The van der Waals surface area contributed by atoms with Crippen molar-refractivity contribution in [1.29, 1.82) is 0 Å². The zero-order valence-electron chi connectivity index (χ0n) is 12.0. The standard InChI is InChI=1S/C16H22FNO/c1-12-5-6-13(14(17)11-12)15(19)18-9-4-7-16(2,3)8-10-18/h5-6,11H,4,7-10H2,1-3H3. The highest BCUT2D eigenvalue weighted by molar-refractivity contribution is 5.94. The Labute approximate surface area is 114 Å². The van der Waals surface area contributed by atoms with Crippen molar-refractivity contribution >= 4 is 5.91 Å². The molecule has 1 heterocycles. The largest absolute Gasteiger partial charge is 0.339 e. The van der Waals surface area contributed by atoms with E-state index < -0.39 is 5.82 Å². The van der Waals surface area contributed by atoms with Crippen molar-refractivity contribution in [2.24, 2.45) is 5.41 Å². The SMILES string of the molecule is Cc1ccc(C(=O)N2CCCC(C)(C)CC2)c(F)c1. The van der Waals surface area contributed by atoms with Crippen LogP contribution in [-0.2, 0) is 0 Å². The minimum absolute atomic E-state index is 0.171. The van der Waals surface area contributed by atoms with E-state index in [4.69, 9.17) is 0 Å². The number of likely N-dealkylation sites (tertiary alicyclic amines) is 1. The van der Waals surface area contributed by atoms with Crippen molar-refractivity contribution in [2.45, 2.75) is 40.0 Å². The third-order valence-corrected chi connectivity index (χ3v) is 3.98. The fourth-order valence-electron chi connectivity index (χ4n) is 2.59. The van der Waals surface area contributed by atoms with Crippen molar-refractivity contribution in [3.63, 3.8) is 0 Å². The van der Waals surface area contributed by atoms with Gasteiger partial charge in [-0.2, -0.15) is 0 Å². The van der Waals surface area contributed by atoms with Crippen LogP contribution in [-0.4, -0.2) is 23.9 Å². The summed E-state index contributed by atoms with van der Waals surface area (Å²) >= 11 is 0. The number of carbonyl (C=O) groups is 1. The van der Waals surface area contributed by atoms with Gasteiger partial charge in [0.15, 0.2) is 0 Å². The highest BCUT2D eigenvalue weighted by Gasteiger charge is 2.26. The van der Waals surface area contributed by atoms with Gasteiger partial charge in [0, 0.05) is 13.1 Å². The molecule has 104 valence electrons. The first-order valence-electron chi connectivity index (χ1n) is 6.94. The average Bonchev–Trinajstić information content (AvgIpc) is 2.49. The second-order valence-corrected chi connectivity index (χ2v) is 6.29. The molecule has 1 aliphatic heterocycles.